The summed E-state index contributed by atoms with van der Waals surface area (Å²) in [5.41, 5.74) is 4.41. The third kappa shape index (κ3) is 29.3. The van der Waals surface area contributed by atoms with Gasteiger partial charge < -0.3 is 5.73 Å². The summed E-state index contributed by atoms with van der Waals surface area (Å²) in [4.78, 5) is 27.0. The standard InChI is InChI=1S/C4H10F6O18P6.CH3ClN2O/c5-29(11,12)19-3-1-2-4-20-31(7,15)23-24-33(9,17)27-28-34(10,18)26-25-32(8,16)22-21-30(6,13)14;2-4-1(3)5/h1-4H2,(H,11,12)(H,13,14);(H3,3,4,5). The second-order valence-electron chi connectivity index (χ2n) is 5.05. The van der Waals surface area contributed by atoms with Gasteiger partial charge in [0.15, 0.2) is 0 Å². The van der Waals surface area contributed by atoms with Gasteiger partial charge in [0.05, 0.1) is 13.2 Å². The quantitative estimate of drug-likeness (QED) is 0.0301. The highest BCUT2D eigenvalue weighted by atomic mass is 35.5. The van der Waals surface area contributed by atoms with Gasteiger partial charge in [0.1, 0.15) is 0 Å². The number of rotatable bonds is 19. The van der Waals surface area contributed by atoms with E-state index in [9.17, 15) is 57.4 Å². The van der Waals surface area contributed by atoms with Crippen LogP contribution in [-0.4, -0.2) is 29.0 Å². The molecule has 0 spiro atoms. The Balaban J connectivity index is 0. The maximum Gasteiger partial charge on any atom is 0.569 e. The number of halogens is 7. The summed E-state index contributed by atoms with van der Waals surface area (Å²) >= 11 is 4.61. The summed E-state index contributed by atoms with van der Waals surface area (Å²) in [6.45, 7) is -1.54. The first-order valence-electron chi connectivity index (χ1n) is 8.01. The lowest BCUT2D eigenvalue weighted by molar-refractivity contribution is -0.230. The van der Waals surface area contributed by atoms with Crippen LogP contribution in [0.1, 0.15) is 12.8 Å². The van der Waals surface area contributed by atoms with Crippen molar-refractivity contribution in [3.05, 3.63) is 0 Å². The summed E-state index contributed by atoms with van der Waals surface area (Å²) in [5.74, 6) is 0. The van der Waals surface area contributed by atoms with E-state index in [0.717, 1.165) is 0 Å². The summed E-state index contributed by atoms with van der Waals surface area (Å²) in [6.07, 6.45) is -0.599. The van der Waals surface area contributed by atoms with Gasteiger partial charge in [-0.15, -0.1) is 62.6 Å². The van der Waals surface area contributed by atoms with E-state index in [0.29, 0.717) is 0 Å². The molecule has 0 aliphatic heterocycles. The fraction of sp³-hybridized carbons (Fsp3) is 0.800. The third-order valence-corrected chi connectivity index (χ3v) is 5.65. The van der Waals surface area contributed by atoms with Crippen molar-refractivity contribution in [3.8, 4) is 0 Å². The Morgan fingerprint density at radius 3 is 1.18 bits per heavy atom. The molecule has 236 valence electrons. The zero-order chi connectivity index (χ0) is 31.2. The molecule has 0 rings (SSSR count). The van der Waals surface area contributed by atoms with E-state index in [1.807, 2.05) is 0 Å². The number of urea groups is 1. The van der Waals surface area contributed by atoms with Gasteiger partial charge in [-0.3, -0.25) is 23.7 Å². The van der Waals surface area contributed by atoms with Crippen LogP contribution in [0.3, 0.4) is 0 Å². The van der Waals surface area contributed by atoms with Gasteiger partial charge in [-0.25, -0.2) is 32.2 Å². The van der Waals surface area contributed by atoms with Gasteiger partial charge in [0.25, 0.3) is 0 Å². The highest BCUT2D eigenvalue weighted by Gasteiger charge is 2.43. The Bertz CT molecular complexity index is 1060. The van der Waals surface area contributed by atoms with Crippen molar-refractivity contribution < 1.29 is 114 Å². The Hall–Kier alpha value is 0.0400. The summed E-state index contributed by atoms with van der Waals surface area (Å²) in [6, 6.07) is -0.730. The van der Waals surface area contributed by atoms with Crippen LogP contribution in [0.2, 0.25) is 0 Å². The Labute approximate surface area is 216 Å². The lowest BCUT2D eigenvalue weighted by Crippen LogP contribution is -2.19. The lowest BCUT2D eigenvalue weighted by atomic mass is 10.3. The zero-order valence-corrected chi connectivity index (χ0v) is 23.7. The first kappa shape index (κ1) is 41.2. The van der Waals surface area contributed by atoms with Crippen LogP contribution in [-0.2, 0) is 73.8 Å². The molecular weight excluding hydrogens is 727 g/mol. The fourth-order valence-corrected chi connectivity index (χ4v) is 4.31. The molecule has 21 nitrogen and oxygen atoms in total. The van der Waals surface area contributed by atoms with E-state index in [2.05, 4.69) is 64.0 Å². The average Bonchev–Trinajstić information content (AvgIpc) is 2.76. The zero-order valence-electron chi connectivity index (χ0n) is 17.6. The molecule has 0 saturated heterocycles. The first-order chi connectivity index (χ1) is 17.3. The molecule has 34 heteroatoms. The average molecular weight is 740 g/mol. The van der Waals surface area contributed by atoms with Crippen LogP contribution >= 0.6 is 59.2 Å². The molecule has 5 N–H and O–H groups in total. The molecule has 0 fully saturated rings. The predicted octanol–water partition coefficient (Wildman–Crippen LogP) is 5.85. The van der Waals surface area contributed by atoms with E-state index >= 15 is 0 Å². The minimum atomic E-state index is -6.59. The number of amides is 2. The van der Waals surface area contributed by atoms with Crippen LogP contribution in [0.5, 0.6) is 0 Å². The molecule has 0 heterocycles. The largest absolute Gasteiger partial charge is 0.569 e. The number of carbonyl (C=O) groups is 1. The number of hydrogen-bond acceptors (Lipinski definition) is 17. The highest BCUT2D eigenvalue weighted by molar-refractivity contribution is 7.52. The predicted molar refractivity (Wildman–Crippen MR) is 105 cm³/mol. The lowest BCUT2D eigenvalue weighted by Gasteiger charge is -2.12. The Morgan fingerprint density at radius 1 is 0.615 bits per heavy atom. The second kappa shape index (κ2) is 17.9. The summed E-state index contributed by atoms with van der Waals surface area (Å²) < 4.78 is 171. The van der Waals surface area contributed by atoms with Crippen LogP contribution < -0.4 is 10.6 Å². The van der Waals surface area contributed by atoms with Crippen LogP contribution in [0.25, 0.3) is 0 Å². The minimum Gasteiger partial charge on any atom is -0.351 e. The molecule has 0 aromatic heterocycles. The van der Waals surface area contributed by atoms with Gasteiger partial charge in [-0.1, -0.05) is 0 Å². The molecule has 0 aromatic rings. The minimum absolute atomic E-state index is 0.266. The van der Waals surface area contributed by atoms with Crippen molar-refractivity contribution in [2.75, 3.05) is 13.2 Å². The Kier molecular flexibility index (Phi) is 18.9. The number of unbranched alkanes of at least 4 members (excludes halogenated alkanes) is 1. The van der Waals surface area contributed by atoms with Gasteiger partial charge >= 0.3 is 53.5 Å². The third-order valence-electron chi connectivity index (χ3n) is 1.98. The maximum absolute atomic E-state index is 13.3. The first-order valence-corrected chi connectivity index (χ1v) is 17.1. The fourth-order valence-electron chi connectivity index (χ4n) is 0.933. The van der Waals surface area contributed by atoms with E-state index in [-0.39, 0.29) is 12.8 Å². The smallest absolute Gasteiger partial charge is 0.351 e. The topological polar surface area (TPSA) is 290 Å². The maximum atomic E-state index is 13.3. The molecule has 6 atom stereocenters. The molecule has 0 bridgehead atoms. The summed E-state index contributed by atoms with van der Waals surface area (Å²) in [7, 11) is -36.8. The monoisotopic (exact) mass is 740 g/mol. The number of primary amides is 1. The van der Waals surface area contributed by atoms with Crippen molar-refractivity contribution >= 4 is 65.2 Å². The van der Waals surface area contributed by atoms with Crippen molar-refractivity contribution in [1.82, 2.24) is 4.84 Å². The molecule has 0 aliphatic carbocycles. The number of carbonyl (C=O) groups excluding carboxylic acids is 1. The highest BCUT2D eigenvalue weighted by Crippen LogP contribution is 2.65. The Morgan fingerprint density at radius 2 is 0.897 bits per heavy atom. The normalized spacial score (nSPS) is 20.8. The number of hydrogen-bond donors (Lipinski definition) is 4. The molecule has 0 radical (unpaired) electrons. The van der Waals surface area contributed by atoms with Crippen molar-refractivity contribution in [3.63, 3.8) is 0 Å². The van der Waals surface area contributed by atoms with Gasteiger partial charge in [0.2, 0.25) is 0 Å². The molecule has 0 saturated carbocycles. The molecule has 39 heavy (non-hydrogen) atoms. The molecule has 0 aliphatic rings. The SMILES string of the molecule is NC(=O)NCl.O=P(O)(F)OCCCCOP(=O)(F)OOP(=O)(F)OOP(=O)(F)OOP(=O)(F)OOP(=O)(O)F. The van der Waals surface area contributed by atoms with Gasteiger partial charge in [-0.05, 0) is 12.8 Å². The van der Waals surface area contributed by atoms with Crippen molar-refractivity contribution in [2.24, 2.45) is 5.73 Å². The van der Waals surface area contributed by atoms with Crippen LogP contribution in [0.15, 0.2) is 0 Å². The van der Waals surface area contributed by atoms with E-state index in [1.165, 1.54) is 0 Å². The van der Waals surface area contributed by atoms with Crippen molar-refractivity contribution in [2.45, 2.75) is 12.8 Å². The van der Waals surface area contributed by atoms with E-state index in [1.54, 1.807) is 4.84 Å². The van der Waals surface area contributed by atoms with E-state index in [4.69, 9.17) is 9.79 Å². The van der Waals surface area contributed by atoms with Gasteiger partial charge in [0, 0.05) is 11.8 Å². The van der Waals surface area contributed by atoms with Crippen LogP contribution in [0.4, 0.5) is 30.0 Å². The number of nitrogens with two attached hydrogens (primary N) is 1. The summed E-state index contributed by atoms with van der Waals surface area (Å²) in [5, 5.41) is 0. The molecular formula is C5H13ClF6N2O19P6. The molecule has 6 unspecified atom stereocenters. The second-order valence-corrected chi connectivity index (χ2v) is 12.2. The molecule has 0 aromatic carbocycles. The van der Waals surface area contributed by atoms with E-state index < -0.39 is 66.7 Å². The molecule has 2 amide bonds. The number of nitrogens with one attached hydrogen (secondary N) is 1. The van der Waals surface area contributed by atoms with Crippen LogP contribution in [0, 0.1) is 0 Å². The van der Waals surface area contributed by atoms with Gasteiger partial charge in [-0.2, -0.15) is 0 Å². The van der Waals surface area contributed by atoms with Crippen molar-refractivity contribution in [1.29, 1.82) is 0 Å².